The summed E-state index contributed by atoms with van der Waals surface area (Å²) in [5, 5.41) is 0. The van der Waals surface area contributed by atoms with Crippen LogP contribution in [0.5, 0.6) is 0 Å². The molecular formula is C23H23BrN4S. The van der Waals surface area contributed by atoms with Gasteiger partial charge < -0.3 is 4.57 Å². The van der Waals surface area contributed by atoms with Crippen LogP contribution in [-0.2, 0) is 7.05 Å². The Balaban J connectivity index is 1.83. The highest BCUT2D eigenvalue weighted by atomic mass is 79.9. The van der Waals surface area contributed by atoms with E-state index in [1.165, 1.54) is 5.56 Å². The molecule has 0 unspecified atom stereocenters. The molecule has 0 aliphatic rings. The van der Waals surface area contributed by atoms with Crippen LogP contribution in [0.1, 0.15) is 25.3 Å². The second kappa shape index (κ2) is 8.20. The van der Waals surface area contributed by atoms with Crippen molar-refractivity contribution in [1.29, 1.82) is 0 Å². The van der Waals surface area contributed by atoms with Gasteiger partial charge in [-0.3, -0.25) is 4.31 Å². The van der Waals surface area contributed by atoms with Gasteiger partial charge in [-0.2, -0.15) is 0 Å². The number of imidazole rings is 1. The lowest BCUT2D eigenvalue weighted by Gasteiger charge is -2.19. The lowest BCUT2D eigenvalue weighted by Crippen LogP contribution is -2.09. The Hall–Kier alpha value is -2.31. The van der Waals surface area contributed by atoms with Crippen LogP contribution < -0.4 is 4.31 Å². The molecule has 0 amide bonds. The van der Waals surface area contributed by atoms with Gasteiger partial charge in [0.05, 0.1) is 11.8 Å². The first kappa shape index (κ1) is 20.0. The smallest absolute Gasteiger partial charge is 0.141 e. The van der Waals surface area contributed by atoms with E-state index in [4.69, 9.17) is 4.98 Å². The summed E-state index contributed by atoms with van der Waals surface area (Å²) in [6.45, 7) is 4.43. The van der Waals surface area contributed by atoms with E-state index >= 15 is 0 Å². The van der Waals surface area contributed by atoms with E-state index in [0.717, 1.165) is 37.5 Å². The quantitative estimate of drug-likeness (QED) is 0.307. The second-order valence-electron chi connectivity index (χ2n) is 7.34. The molecule has 0 spiro atoms. The lowest BCUT2D eigenvalue weighted by atomic mass is 9.94. The molecule has 2 aromatic carbocycles. The third kappa shape index (κ3) is 4.05. The summed E-state index contributed by atoms with van der Waals surface area (Å²) in [5.41, 5.74) is 5.38. The number of benzene rings is 2. The first-order valence-electron chi connectivity index (χ1n) is 9.52. The molecule has 0 bridgehead atoms. The molecule has 0 radical (unpaired) electrons. The largest absolute Gasteiger partial charge is 0.334 e. The minimum absolute atomic E-state index is 0.408. The lowest BCUT2D eigenvalue weighted by molar-refractivity contribution is 0.868. The molecule has 2 heterocycles. The van der Waals surface area contributed by atoms with Crippen LogP contribution in [0.15, 0.2) is 70.3 Å². The summed E-state index contributed by atoms with van der Waals surface area (Å²) in [6.07, 6.45) is 1.86. The zero-order valence-corrected chi connectivity index (χ0v) is 19.3. The predicted octanol–water partition coefficient (Wildman–Crippen LogP) is 6.66. The number of nitrogens with zero attached hydrogens (tertiary/aromatic N) is 4. The third-order valence-corrected chi connectivity index (χ3v) is 6.39. The van der Waals surface area contributed by atoms with E-state index in [9.17, 15) is 0 Å². The molecule has 4 rings (SSSR count). The van der Waals surface area contributed by atoms with Crippen LogP contribution in [0.4, 0.5) is 5.82 Å². The van der Waals surface area contributed by atoms with Gasteiger partial charge in [-0.25, -0.2) is 9.97 Å². The number of hydrogen-bond donors (Lipinski definition) is 0. The van der Waals surface area contributed by atoms with Crippen molar-refractivity contribution in [3.05, 3.63) is 71.0 Å². The Morgan fingerprint density at radius 3 is 2.52 bits per heavy atom. The molecule has 0 fully saturated rings. The van der Waals surface area contributed by atoms with Gasteiger partial charge in [0.2, 0.25) is 0 Å². The van der Waals surface area contributed by atoms with Gasteiger partial charge in [0.15, 0.2) is 0 Å². The molecule has 4 aromatic rings. The van der Waals surface area contributed by atoms with Gasteiger partial charge in [0.1, 0.15) is 17.0 Å². The normalized spacial score (nSPS) is 11.4. The molecule has 6 heteroatoms. The van der Waals surface area contributed by atoms with E-state index in [0.29, 0.717) is 5.92 Å². The van der Waals surface area contributed by atoms with Gasteiger partial charge in [0.25, 0.3) is 0 Å². The summed E-state index contributed by atoms with van der Waals surface area (Å²) in [6, 6.07) is 18.9. The summed E-state index contributed by atoms with van der Waals surface area (Å²) in [4.78, 5) is 10.9. The van der Waals surface area contributed by atoms with E-state index in [2.05, 4.69) is 105 Å². The van der Waals surface area contributed by atoms with Crippen molar-refractivity contribution in [2.75, 3.05) is 11.4 Å². The number of pyridine rings is 1. The first-order chi connectivity index (χ1) is 13.9. The van der Waals surface area contributed by atoms with E-state index in [-0.39, 0.29) is 0 Å². The van der Waals surface area contributed by atoms with E-state index in [1.54, 1.807) is 11.9 Å². The fraction of sp³-hybridized carbons (Fsp3) is 0.217. The third-order valence-electron chi connectivity index (χ3n) is 4.92. The Labute approximate surface area is 184 Å². The van der Waals surface area contributed by atoms with Crippen LogP contribution in [0.3, 0.4) is 0 Å². The molecule has 0 aliphatic heterocycles. The van der Waals surface area contributed by atoms with Gasteiger partial charge in [-0.05, 0) is 47.7 Å². The zero-order valence-electron chi connectivity index (χ0n) is 16.9. The first-order valence-corrected chi connectivity index (χ1v) is 11.1. The van der Waals surface area contributed by atoms with Crippen LogP contribution in [0, 0.1) is 0 Å². The molecule has 0 aliphatic carbocycles. The summed E-state index contributed by atoms with van der Waals surface area (Å²) in [5.74, 6) is 1.31. The molecule has 2 aromatic heterocycles. The fourth-order valence-corrected chi connectivity index (χ4v) is 4.41. The number of hydrogen-bond acceptors (Lipinski definition) is 4. The molecule has 0 atom stereocenters. The number of fused-ring (bicyclic) bond motifs is 1. The zero-order chi connectivity index (χ0) is 20.5. The average Bonchev–Trinajstić information content (AvgIpc) is 3.10. The summed E-state index contributed by atoms with van der Waals surface area (Å²) < 4.78 is 5.24. The standard InChI is InChI=1S/C23H23BrN4S/c1-15(2)18-7-5-6-8-19(18)22-23-20(27(3)14-25-23)13-21(26-22)28(4)29-17-11-9-16(24)10-12-17/h5-15H,1-4H3. The minimum Gasteiger partial charge on any atom is -0.334 e. The van der Waals surface area contributed by atoms with Crippen LogP contribution in [-0.4, -0.2) is 21.6 Å². The molecule has 29 heavy (non-hydrogen) atoms. The highest BCUT2D eigenvalue weighted by Gasteiger charge is 2.18. The molecule has 0 saturated carbocycles. The van der Waals surface area contributed by atoms with Crippen molar-refractivity contribution >= 4 is 44.7 Å². The van der Waals surface area contributed by atoms with Crippen molar-refractivity contribution in [2.45, 2.75) is 24.7 Å². The van der Waals surface area contributed by atoms with Crippen LogP contribution in [0.2, 0.25) is 0 Å². The monoisotopic (exact) mass is 466 g/mol. The minimum atomic E-state index is 0.408. The molecule has 0 saturated heterocycles. The van der Waals surface area contributed by atoms with Crippen molar-refractivity contribution in [1.82, 2.24) is 14.5 Å². The van der Waals surface area contributed by atoms with Crippen LogP contribution in [0.25, 0.3) is 22.3 Å². The van der Waals surface area contributed by atoms with Crippen molar-refractivity contribution in [3.8, 4) is 11.3 Å². The Morgan fingerprint density at radius 1 is 1.07 bits per heavy atom. The Kier molecular flexibility index (Phi) is 5.65. The summed E-state index contributed by atoms with van der Waals surface area (Å²) in [7, 11) is 4.08. The predicted molar refractivity (Wildman–Crippen MR) is 126 cm³/mol. The van der Waals surface area contributed by atoms with Gasteiger partial charge in [0, 0.05) is 35.1 Å². The maximum Gasteiger partial charge on any atom is 0.141 e. The van der Waals surface area contributed by atoms with E-state index < -0.39 is 0 Å². The SMILES string of the molecule is CC(C)c1ccccc1-c1nc(N(C)Sc2ccc(Br)cc2)cc2c1ncn2C. The van der Waals surface area contributed by atoms with Crippen molar-refractivity contribution in [3.63, 3.8) is 0 Å². The highest BCUT2D eigenvalue weighted by Crippen LogP contribution is 2.36. The van der Waals surface area contributed by atoms with Gasteiger partial charge >= 0.3 is 0 Å². The topological polar surface area (TPSA) is 34.0 Å². The molecule has 0 N–H and O–H groups in total. The average molecular weight is 467 g/mol. The van der Waals surface area contributed by atoms with E-state index in [1.807, 2.05) is 13.4 Å². The number of aryl methyl sites for hydroxylation is 1. The number of anilines is 1. The number of aromatic nitrogens is 3. The Morgan fingerprint density at radius 2 is 1.79 bits per heavy atom. The fourth-order valence-electron chi connectivity index (χ4n) is 3.38. The number of halogens is 1. The summed E-state index contributed by atoms with van der Waals surface area (Å²) >= 11 is 5.15. The molecule has 4 nitrogen and oxygen atoms in total. The number of rotatable bonds is 5. The van der Waals surface area contributed by atoms with Crippen LogP contribution >= 0.6 is 27.9 Å². The highest BCUT2D eigenvalue weighted by molar-refractivity contribution is 9.10. The molecular weight excluding hydrogens is 444 g/mol. The van der Waals surface area contributed by atoms with Gasteiger partial charge in [-0.15, -0.1) is 0 Å². The van der Waals surface area contributed by atoms with Crippen molar-refractivity contribution in [2.24, 2.45) is 7.05 Å². The molecule has 148 valence electrons. The Bertz CT molecular complexity index is 1150. The second-order valence-corrected chi connectivity index (χ2v) is 9.45. The maximum atomic E-state index is 5.06. The van der Waals surface area contributed by atoms with Gasteiger partial charge in [-0.1, -0.05) is 54.0 Å². The maximum absolute atomic E-state index is 5.06. The van der Waals surface area contributed by atoms with Crippen molar-refractivity contribution < 1.29 is 0 Å².